The van der Waals surface area contributed by atoms with Crippen LogP contribution < -0.4 is 5.32 Å². The van der Waals surface area contributed by atoms with Crippen molar-refractivity contribution in [3.05, 3.63) is 29.8 Å². The van der Waals surface area contributed by atoms with Crippen LogP contribution >= 0.6 is 0 Å². The van der Waals surface area contributed by atoms with Gasteiger partial charge in [0.05, 0.1) is 0 Å². The molecule has 0 bridgehead atoms. The number of anilines is 1. The first-order valence-electron chi connectivity index (χ1n) is 10.6. The molecule has 1 N–H and O–H groups in total. The van der Waals surface area contributed by atoms with Crippen LogP contribution in [-0.4, -0.2) is 12.3 Å². The Hall–Kier alpha value is -1.31. The Balaban J connectivity index is 2.13. The highest BCUT2D eigenvalue weighted by molar-refractivity contribution is 5.96. The fourth-order valence-electron chi connectivity index (χ4n) is 3.12. The van der Waals surface area contributed by atoms with Crippen LogP contribution in [0.5, 0.6) is 0 Å². The Bertz CT molecular complexity index is 438. The molecule has 2 heteroatoms. The minimum atomic E-state index is 0.287. The summed E-state index contributed by atoms with van der Waals surface area (Å²) >= 11 is 0. The second-order valence-electron chi connectivity index (χ2n) is 7.21. The highest BCUT2D eigenvalue weighted by Crippen LogP contribution is 2.14. The number of carbonyl (C=O) groups is 1. The summed E-state index contributed by atoms with van der Waals surface area (Å²) in [5.41, 5.74) is 1.99. The molecule has 0 heterocycles. The summed E-state index contributed by atoms with van der Waals surface area (Å²) in [6, 6.07) is 8.04. The van der Waals surface area contributed by atoms with Crippen LogP contribution in [0.4, 0.5) is 5.69 Å². The molecule has 1 aromatic rings. The van der Waals surface area contributed by atoms with Gasteiger partial charge in [0.2, 0.25) is 0 Å². The molecule has 0 spiro atoms. The lowest BCUT2D eigenvalue weighted by molar-refractivity contribution is 0.0979. The number of hydrogen-bond donors (Lipinski definition) is 1. The first kappa shape index (κ1) is 21.7. The van der Waals surface area contributed by atoms with Crippen LogP contribution in [0.1, 0.15) is 108 Å². The van der Waals surface area contributed by atoms with Gasteiger partial charge in [-0.3, -0.25) is 4.79 Å². The van der Waals surface area contributed by atoms with Gasteiger partial charge in [0.1, 0.15) is 0 Å². The normalized spacial score (nSPS) is 10.8. The zero-order valence-electron chi connectivity index (χ0n) is 16.6. The topological polar surface area (TPSA) is 29.1 Å². The van der Waals surface area contributed by atoms with E-state index in [4.69, 9.17) is 0 Å². The van der Waals surface area contributed by atoms with E-state index in [1.54, 1.807) is 0 Å². The smallest absolute Gasteiger partial charge is 0.162 e. The van der Waals surface area contributed by atoms with E-state index in [-0.39, 0.29) is 5.78 Å². The minimum absolute atomic E-state index is 0.287. The predicted octanol–water partition coefficient (Wildman–Crippen LogP) is 7.39. The number of nitrogens with one attached hydrogen (secondary N) is 1. The van der Waals surface area contributed by atoms with Gasteiger partial charge in [0.15, 0.2) is 5.78 Å². The third-order valence-electron chi connectivity index (χ3n) is 4.82. The highest BCUT2D eigenvalue weighted by Gasteiger charge is 2.05. The van der Waals surface area contributed by atoms with Crippen LogP contribution in [0.15, 0.2) is 24.3 Å². The second-order valence-corrected chi connectivity index (χ2v) is 7.21. The van der Waals surface area contributed by atoms with Crippen molar-refractivity contribution in [3.63, 3.8) is 0 Å². The van der Waals surface area contributed by atoms with Crippen molar-refractivity contribution in [2.75, 3.05) is 11.9 Å². The molecule has 0 unspecified atom stereocenters. The summed E-state index contributed by atoms with van der Waals surface area (Å²) < 4.78 is 0. The Labute approximate surface area is 155 Å². The van der Waals surface area contributed by atoms with Crippen molar-refractivity contribution < 1.29 is 4.79 Å². The van der Waals surface area contributed by atoms with E-state index in [9.17, 15) is 4.79 Å². The van der Waals surface area contributed by atoms with Crippen LogP contribution in [-0.2, 0) is 0 Å². The molecular formula is C23H39NO. The molecule has 0 aliphatic carbocycles. The summed E-state index contributed by atoms with van der Waals surface area (Å²) in [5.74, 6) is 0.287. The minimum Gasteiger partial charge on any atom is -0.385 e. The Kier molecular flexibility index (Phi) is 13.0. The molecule has 0 fully saturated rings. The summed E-state index contributed by atoms with van der Waals surface area (Å²) in [6.45, 7) is 5.50. The van der Waals surface area contributed by atoms with E-state index in [1.165, 1.54) is 70.6 Å². The van der Waals surface area contributed by atoms with Gasteiger partial charge in [-0.25, -0.2) is 0 Å². The van der Waals surface area contributed by atoms with Crippen molar-refractivity contribution in [2.45, 2.75) is 97.3 Å². The average Bonchev–Trinajstić information content (AvgIpc) is 2.64. The van der Waals surface area contributed by atoms with Crippen molar-refractivity contribution in [3.8, 4) is 0 Å². The van der Waals surface area contributed by atoms with Crippen LogP contribution in [0.2, 0.25) is 0 Å². The van der Waals surface area contributed by atoms with Gasteiger partial charge in [-0.1, -0.05) is 78.1 Å². The molecule has 0 saturated heterocycles. The highest BCUT2D eigenvalue weighted by atomic mass is 16.1. The summed E-state index contributed by atoms with van der Waals surface area (Å²) in [4.78, 5) is 12.2. The third-order valence-corrected chi connectivity index (χ3v) is 4.82. The molecule has 2 nitrogen and oxygen atoms in total. The standard InChI is InChI=1S/C23H39NO/c1-3-5-7-9-10-12-14-20-24-22-18-16-21(17-19-22)23(25)15-13-11-8-6-4-2/h16-19,24H,3-15,20H2,1-2H3. The zero-order chi connectivity index (χ0) is 18.2. The molecule has 0 radical (unpaired) electrons. The molecule has 0 aromatic heterocycles. The molecule has 0 aliphatic heterocycles. The molecule has 0 atom stereocenters. The number of rotatable bonds is 16. The SMILES string of the molecule is CCCCCCCCCNc1ccc(C(=O)CCCCCCC)cc1. The average molecular weight is 346 g/mol. The lowest BCUT2D eigenvalue weighted by Gasteiger charge is -2.07. The first-order valence-corrected chi connectivity index (χ1v) is 10.6. The molecule has 142 valence electrons. The Morgan fingerprint density at radius 2 is 1.24 bits per heavy atom. The van der Waals surface area contributed by atoms with Crippen molar-refractivity contribution in [1.29, 1.82) is 0 Å². The van der Waals surface area contributed by atoms with Gasteiger partial charge in [-0.2, -0.15) is 0 Å². The third kappa shape index (κ3) is 11.0. The number of ketones is 1. The van der Waals surface area contributed by atoms with Gasteiger partial charge in [0, 0.05) is 24.2 Å². The molecule has 1 aromatic carbocycles. The quantitative estimate of drug-likeness (QED) is 0.250. The number of benzene rings is 1. The summed E-state index contributed by atoms with van der Waals surface area (Å²) in [6.07, 6.45) is 16.0. The second kappa shape index (κ2) is 15.0. The van der Waals surface area contributed by atoms with Crippen LogP contribution in [0, 0.1) is 0 Å². The van der Waals surface area contributed by atoms with Crippen molar-refractivity contribution in [2.24, 2.45) is 0 Å². The molecular weight excluding hydrogens is 306 g/mol. The van der Waals surface area contributed by atoms with Gasteiger partial charge >= 0.3 is 0 Å². The predicted molar refractivity (Wildman–Crippen MR) is 111 cm³/mol. The first-order chi connectivity index (χ1) is 12.3. The summed E-state index contributed by atoms with van der Waals surface area (Å²) in [7, 11) is 0. The number of Topliss-reactive ketones (excluding diaryl/α,β-unsaturated/α-hetero) is 1. The van der Waals surface area contributed by atoms with E-state index >= 15 is 0 Å². The fourth-order valence-corrected chi connectivity index (χ4v) is 3.12. The maximum Gasteiger partial charge on any atom is 0.162 e. The number of hydrogen-bond acceptors (Lipinski definition) is 2. The maximum absolute atomic E-state index is 12.2. The number of carbonyl (C=O) groups excluding carboxylic acids is 1. The van der Waals surface area contributed by atoms with E-state index in [2.05, 4.69) is 19.2 Å². The Morgan fingerprint density at radius 3 is 1.84 bits per heavy atom. The number of unbranched alkanes of at least 4 members (excludes halogenated alkanes) is 10. The molecule has 1 rings (SSSR count). The monoisotopic (exact) mass is 345 g/mol. The van der Waals surface area contributed by atoms with Crippen LogP contribution in [0.25, 0.3) is 0 Å². The van der Waals surface area contributed by atoms with Gasteiger partial charge < -0.3 is 5.32 Å². The maximum atomic E-state index is 12.2. The zero-order valence-corrected chi connectivity index (χ0v) is 16.6. The van der Waals surface area contributed by atoms with E-state index < -0.39 is 0 Å². The Morgan fingerprint density at radius 1 is 0.720 bits per heavy atom. The molecule has 0 aliphatic rings. The van der Waals surface area contributed by atoms with Gasteiger partial charge in [-0.15, -0.1) is 0 Å². The lowest BCUT2D eigenvalue weighted by Crippen LogP contribution is -2.03. The molecule has 0 saturated carbocycles. The van der Waals surface area contributed by atoms with Crippen molar-refractivity contribution >= 4 is 11.5 Å². The fraction of sp³-hybridized carbons (Fsp3) is 0.696. The molecule has 0 amide bonds. The summed E-state index contributed by atoms with van der Waals surface area (Å²) in [5, 5.41) is 3.47. The lowest BCUT2D eigenvalue weighted by atomic mass is 10.0. The molecule has 25 heavy (non-hydrogen) atoms. The van der Waals surface area contributed by atoms with E-state index in [0.29, 0.717) is 6.42 Å². The van der Waals surface area contributed by atoms with Crippen molar-refractivity contribution in [1.82, 2.24) is 0 Å². The van der Waals surface area contributed by atoms with Gasteiger partial charge in [0.25, 0.3) is 0 Å². The largest absolute Gasteiger partial charge is 0.385 e. The van der Waals surface area contributed by atoms with E-state index in [0.717, 1.165) is 24.2 Å². The van der Waals surface area contributed by atoms with Crippen LogP contribution in [0.3, 0.4) is 0 Å². The van der Waals surface area contributed by atoms with Gasteiger partial charge in [-0.05, 0) is 37.1 Å². The van der Waals surface area contributed by atoms with E-state index in [1.807, 2.05) is 24.3 Å².